The Bertz CT molecular complexity index is 216. The summed E-state index contributed by atoms with van der Waals surface area (Å²) in [5, 5.41) is 0. The third-order valence-electron chi connectivity index (χ3n) is 5.45. The van der Waals surface area contributed by atoms with Gasteiger partial charge in [0.25, 0.3) is 0 Å². The summed E-state index contributed by atoms with van der Waals surface area (Å²) in [7, 11) is 0. The van der Waals surface area contributed by atoms with Crippen LogP contribution in [-0.2, 0) is 0 Å². The highest BCUT2D eigenvalue weighted by Gasteiger charge is 2.57. The van der Waals surface area contributed by atoms with Gasteiger partial charge in [-0.3, -0.25) is 0 Å². The quantitative estimate of drug-likeness (QED) is 0.526. The topological polar surface area (TPSA) is 0 Å². The van der Waals surface area contributed by atoms with Gasteiger partial charge in [-0.05, 0) is 47.8 Å². The van der Waals surface area contributed by atoms with E-state index < -0.39 is 0 Å². The van der Waals surface area contributed by atoms with Gasteiger partial charge in [-0.2, -0.15) is 0 Å². The fourth-order valence-electron chi connectivity index (χ4n) is 4.37. The molecule has 0 aliphatic heterocycles. The first-order chi connectivity index (χ1) is 5.88. The van der Waals surface area contributed by atoms with Crippen molar-refractivity contribution in [3.63, 3.8) is 0 Å². The Morgan fingerprint density at radius 1 is 1.08 bits per heavy atom. The summed E-state index contributed by atoms with van der Waals surface area (Å²) in [6.07, 6.45) is 4.40. The van der Waals surface area contributed by atoms with E-state index in [1.165, 1.54) is 19.3 Å². The second-order valence-electron chi connectivity index (χ2n) is 6.56. The van der Waals surface area contributed by atoms with Crippen molar-refractivity contribution in [1.29, 1.82) is 0 Å². The molecule has 0 spiro atoms. The van der Waals surface area contributed by atoms with Crippen molar-refractivity contribution in [2.45, 2.75) is 53.9 Å². The molecule has 2 rings (SSSR count). The van der Waals surface area contributed by atoms with Gasteiger partial charge in [0.05, 0.1) is 0 Å². The monoisotopic (exact) mass is 180 g/mol. The van der Waals surface area contributed by atoms with Crippen LogP contribution in [0.25, 0.3) is 0 Å². The van der Waals surface area contributed by atoms with Crippen molar-refractivity contribution < 1.29 is 0 Å². The molecule has 0 aromatic carbocycles. The number of hydrogen-bond donors (Lipinski definition) is 0. The molecule has 2 fully saturated rings. The normalized spacial score (nSPS) is 53.8. The van der Waals surface area contributed by atoms with Crippen molar-refractivity contribution >= 4 is 0 Å². The maximum atomic E-state index is 2.53. The van der Waals surface area contributed by atoms with Crippen molar-refractivity contribution in [2.24, 2.45) is 28.6 Å². The van der Waals surface area contributed by atoms with E-state index in [4.69, 9.17) is 0 Å². The molecule has 0 heteroatoms. The predicted molar refractivity (Wildman–Crippen MR) is 57.6 cm³/mol. The minimum Gasteiger partial charge on any atom is -0.0622 e. The fraction of sp³-hybridized carbons (Fsp3) is 1.00. The molecule has 0 bridgehead atoms. The molecule has 2 aliphatic carbocycles. The lowest BCUT2D eigenvalue weighted by Crippen LogP contribution is -2.55. The molecule has 0 aromatic heterocycles. The van der Waals surface area contributed by atoms with Crippen molar-refractivity contribution in [3.8, 4) is 0 Å². The Labute approximate surface area is 83.1 Å². The summed E-state index contributed by atoms with van der Waals surface area (Å²) >= 11 is 0. The van der Waals surface area contributed by atoms with Gasteiger partial charge in [-0.1, -0.05) is 34.6 Å². The van der Waals surface area contributed by atoms with Gasteiger partial charge < -0.3 is 0 Å². The van der Waals surface area contributed by atoms with Gasteiger partial charge in [0.15, 0.2) is 0 Å². The van der Waals surface area contributed by atoms with E-state index in [9.17, 15) is 0 Å². The fourth-order valence-corrected chi connectivity index (χ4v) is 4.37. The zero-order valence-corrected chi connectivity index (χ0v) is 9.85. The van der Waals surface area contributed by atoms with Crippen molar-refractivity contribution in [2.75, 3.05) is 0 Å². The minimum atomic E-state index is 0.610. The Hall–Kier alpha value is 0. The van der Waals surface area contributed by atoms with Gasteiger partial charge in [0, 0.05) is 0 Å². The molecule has 0 saturated heterocycles. The molecule has 0 amide bonds. The second-order valence-corrected chi connectivity index (χ2v) is 6.56. The highest BCUT2D eigenvalue weighted by Crippen LogP contribution is 2.65. The largest absolute Gasteiger partial charge is 0.0622 e. The molecular formula is C13H24. The average Bonchev–Trinajstić information content (AvgIpc) is 1.95. The Balaban J connectivity index is 2.27. The van der Waals surface area contributed by atoms with Crippen LogP contribution in [-0.4, -0.2) is 0 Å². The van der Waals surface area contributed by atoms with Crippen LogP contribution in [0.2, 0.25) is 0 Å². The van der Waals surface area contributed by atoms with Crippen LogP contribution in [0.15, 0.2) is 0 Å². The predicted octanol–water partition coefficient (Wildman–Crippen LogP) is 4.10. The van der Waals surface area contributed by atoms with Crippen LogP contribution in [0, 0.1) is 28.6 Å². The third-order valence-corrected chi connectivity index (χ3v) is 5.45. The molecule has 76 valence electrons. The molecule has 2 saturated carbocycles. The maximum absolute atomic E-state index is 2.53. The Morgan fingerprint density at radius 3 is 2.15 bits per heavy atom. The molecule has 2 aliphatic rings. The molecule has 0 aromatic rings. The maximum Gasteiger partial charge on any atom is -0.0264 e. The first-order valence-corrected chi connectivity index (χ1v) is 5.88. The summed E-state index contributed by atoms with van der Waals surface area (Å²) in [6.45, 7) is 12.4. The van der Waals surface area contributed by atoms with Crippen LogP contribution in [0.5, 0.6) is 0 Å². The van der Waals surface area contributed by atoms with E-state index in [1.807, 2.05) is 0 Å². The SMILES string of the molecule is CC1CC(C)(C)C2CCC2(C)C1C. The number of hydrogen-bond acceptors (Lipinski definition) is 0. The summed E-state index contributed by atoms with van der Waals surface area (Å²) in [6, 6.07) is 0. The van der Waals surface area contributed by atoms with Crippen LogP contribution < -0.4 is 0 Å². The Kier molecular flexibility index (Phi) is 1.85. The highest BCUT2D eigenvalue weighted by atomic mass is 14.6. The lowest BCUT2D eigenvalue weighted by atomic mass is 9.41. The third kappa shape index (κ3) is 1.10. The first kappa shape index (κ1) is 9.55. The highest BCUT2D eigenvalue weighted by molar-refractivity contribution is 5.06. The van der Waals surface area contributed by atoms with Gasteiger partial charge in [0.1, 0.15) is 0 Å². The summed E-state index contributed by atoms with van der Waals surface area (Å²) in [4.78, 5) is 0. The van der Waals surface area contributed by atoms with Crippen LogP contribution >= 0.6 is 0 Å². The molecule has 0 radical (unpaired) electrons. The first-order valence-electron chi connectivity index (χ1n) is 5.88. The summed E-state index contributed by atoms with van der Waals surface area (Å²) < 4.78 is 0. The molecule has 4 atom stereocenters. The van der Waals surface area contributed by atoms with Crippen molar-refractivity contribution in [1.82, 2.24) is 0 Å². The van der Waals surface area contributed by atoms with E-state index in [0.29, 0.717) is 10.8 Å². The molecule has 0 N–H and O–H groups in total. The van der Waals surface area contributed by atoms with Crippen molar-refractivity contribution in [3.05, 3.63) is 0 Å². The van der Waals surface area contributed by atoms with Crippen LogP contribution in [0.3, 0.4) is 0 Å². The number of rotatable bonds is 0. The van der Waals surface area contributed by atoms with Gasteiger partial charge >= 0.3 is 0 Å². The average molecular weight is 180 g/mol. The van der Waals surface area contributed by atoms with Gasteiger partial charge in [-0.25, -0.2) is 0 Å². The number of fused-ring (bicyclic) bond motifs is 1. The van der Waals surface area contributed by atoms with E-state index in [2.05, 4.69) is 34.6 Å². The van der Waals surface area contributed by atoms with Crippen LogP contribution in [0.1, 0.15) is 53.9 Å². The molecule has 13 heavy (non-hydrogen) atoms. The summed E-state index contributed by atoms with van der Waals surface area (Å²) in [5.41, 5.74) is 1.29. The van der Waals surface area contributed by atoms with Crippen LogP contribution in [0.4, 0.5) is 0 Å². The molecule has 4 unspecified atom stereocenters. The minimum absolute atomic E-state index is 0.610. The molecule has 0 heterocycles. The van der Waals surface area contributed by atoms with E-state index in [-0.39, 0.29) is 0 Å². The summed E-state index contributed by atoms with van der Waals surface area (Å²) in [5.74, 6) is 2.88. The van der Waals surface area contributed by atoms with Gasteiger partial charge in [0.2, 0.25) is 0 Å². The second kappa shape index (κ2) is 2.52. The zero-order chi connectivity index (χ0) is 9.85. The molecule has 0 nitrogen and oxygen atoms in total. The molecular weight excluding hydrogens is 156 g/mol. The smallest absolute Gasteiger partial charge is 0.0264 e. The zero-order valence-electron chi connectivity index (χ0n) is 9.85. The van der Waals surface area contributed by atoms with Gasteiger partial charge in [-0.15, -0.1) is 0 Å². The van der Waals surface area contributed by atoms with E-state index >= 15 is 0 Å². The lowest BCUT2D eigenvalue weighted by molar-refractivity contribution is -0.143. The van der Waals surface area contributed by atoms with E-state index in [1.54, 1.807) is 0 Å². The standard InChI is InChI=1S/C13H24/c1-9-8-12(3,4)11-6-7-13(11,5)10(9)2/h9-11H,6-8H2,1-5H3. The Morgan fingerprint density at radius 2 is 1.69 bits per heavy atom. The van der Waals surface area contributed by atoms with E-state index in [0.717, 1.165) is 17.8 Å². The lowest BCUT2D eigenvalue weighted by Gasteiger charge is -2.63.